The van der Waals surface area contributed by atoms with Gasteiger partial charge in [-0.05, 0) is 44.0 Å². The highest BCUT2D eigenvalue weighted by Crippen LogP contribution is 2.27. The first-order valence-electron chi connectivity index (χ1n) is 10.4. The molecule has 0 radical (unpaired) electrons. The van der Waals surface area contributed by atoms with Gasteiger partial charge in [0.2, 0.25) is 5.91 Å². The van der Waals surface area contributed by atoms with E-state index in [1.807, 2.05) is 20.8 Å². The number of carbonyl (C=O) groups excluding carboxylic acids is 2. The predicted octanol–water partition coefficient (Wildman–Crippen LogP) is 0.986. The summed E-state index contributed by atoms with van der Waals surface area (Å²) in [5.74, 6) is 0.414. The zero-order valence-corrected chi connectivity index (χ0v) is 18.3. The summed E-state index contributed by atoms with van der Waals surface area (Å²) in [7, 11) is 3.66. The first kappa shape index (κ1) is 21.5. The smallest absolute Gasteiger partial charge is 0.272 e. The molecule has 1 aromatic heterocycles. The van der Waals surface area contributed by atoms with Crippen LogP contribution >= 0.6 is 0 Å². The Hall–Kier alpha value is -2.19. The number of hydrogen-bond donors (Lipinski definition) is 3. The van der Waals surface area contributed by atoms with E-state index >= 15 is 0 Å². The molecule has 0 aromatic carbocycles. The normalized spacial score (nSPS) is 19.0. The summed E-state index contributed by atoms with van der Waals surface area (Å²) in [6, 6.07) is -0.637. The fourth-order valence-corrected chi connectivity index (χ4v) is 3.99. The van der Waals surface area contributed by atoms with E-state index in [0.717, 1.165) is 50.5 Å². The summed E-state index contributed by atoms with van der Waals surface area (Å²) in [6.07, 6.45) is 4.08. The zero-order chi connectivity index (χ0) is 21.2. The van der Waals surface area contributed by atoms with Gasteiger partial charge in [0.25, 0.3) is 5.91 Å². The number of amides is 2. The molecule has 0 saturated heterocycles. The molecule has 0 bridgehead atoms. The standard InChI is InChI=1S/C21H34N6O2/c1-21(2,3)17(20(29)22-4)25-19(28)16-15-13-26(5)11-6-12-27(15)18(24-16)14-7-9-23-10-8-14/h7,17,23H,6,8-13H2,1-5H3,(H,22,29)(H,25,28). The third-order valence-electron chi connectivity index (χ3n) is 5.63. The lowest BCUT2D eigenvalue weighted by Crippen LogP contribution is -2.53. The van der Waals surface area contributed by atoms with Crippen LogP contribution in [0.15, 0.2) is 6.08 Å². The summed E-state index contributed by atoms with van der Waals surface area (Å²) in [6.45, 7) is 10.1. The highest BCUT2D eigenvalue weighted by Gasteiger charge is 2.34. The minimum Gasteiger partial charge on any atom is -0.357 e. The molecule has 1 unspecified atom stereocenters. The first-order chi connectivity index (χ1) is 13.7. The van der Waals surface area contributed by atoms with Crippen molar-refractivity contribution >= 4 is 17.4 Å². The molecule has 3 rings (SSSR count). The summed E-state index contributed by atoms with van der Waals surface area (Å²) >= 11 is 0. The van der Waals surface area contributed by atoms with E-state index in [1.165, 1.54) is 5.57 Å². The van der Waals surface area contributed by atoms with Gasteiger partial charge in [-0.2, -0.15) is 0 Å². The third kappa shape index (κ3) is 4.70. The van der Waals surface area contributed by atoms with Crippen molar-refractivity contribution in [2.24, 2.45) is 5.41 Å². The molecule has 3 heterocycles. The van der Waals surface area contributed by atoms with Gasteiger partial charge in [0, 0.05) is 26.7 Å². The van der Waals surface area contributed by atoms with Crippen LogP contribution in [-0.2, 0) is 17.9 Å². The summed E-state index contributed by atoms with van der Waals surface area (Å²) in [5.41, 5.74) is 2.14. The molecule has 2 aliphatic heterocycles. The maximum absolute atomic E-state index is 13.3. The highest BCUT2D eigenvalue weighted by atomic mass is 16.2. The largest absolute Gasteiger partial charge is 0.357 e. The van der Waals surface area contributed by atoms with Gasteiger partial charge in [-0.15, -0.1) is 0 Å². The van der Waals surface area contributed by atoms with Crippen LogP contribution in [-0.4, -0.2) is 66.0 Å². The number of nitrogens with zero attached hydrogens (tertiary/aromatic N) is 3. The maximum atomic E-state index is 13.3. The van der Waals surface area contributed by atoms with Crippen LogP contribution in [0.3, 0.4) is 0 Å². The molecule has 0 fully saturated rings. The van der Waals surface area contributed by atoms with Crippen molar-refractivity contribution in [2.45, 2.75) is 52.7 Å². The Morgan fingerprint density at radius 3 is 2.66 bits per heavy atom. The number of carbonyl (C=O) groups is 2. The van der Waals surface area contributed by atoms with Crippen LogP contribution in [0, 0.1) is 5.41 Å². The van der Waals surface area contributed by atoms with Crippen molar-refractivity contribution in [2.75, 3.05) is 33.7 Å². The zero-order valence-electron chi connectivity index (χ0n) is 18.3. The molecule has 8 nitrogen and oxygen atoms in total. The Labute approximate surface area is 173 Å². The highest BCUT2D eigenvalue weighted by molar-refractivity contribution is 5.97. The van der Waals surface area contributed by atoms with Crippen molar-refractivity contribution in [3.8, 4) is 0 Å². The summed E-state index contributed by atoms with van der Waals surface area (Å²) in [5, 5.41) is 8.94. The number of rotatable bonds is 4. The van der Waals surface area contributed by atoms with Gasteiger partial charge >= 0.3 is 0 Å². The number of fused-ring (bicyclic) bond motifs is 1. The van der Waals surface area contributed by atoms with E-state index in [2.05, 4.69) is 38.5 Å². The lowest BCUT2D eigenvalue weighted by molar-refractivity contribution is -0.124. The quantitative estimate of drug-likeness (QED) is 0.699. The van der Waals surface area contributed by atoms with Crippen LogP contribution < -0.4 is 16.0 Å². The summed E-state index contributed by atoms with van der Waals surface area (Å²) in [4.78, 5) is 32.7. The molecule has 8 heteroatoms. The molecule has 0 aliphatic carbocycles. The van der Waals surface area contributed by atoms with Crippen molar-refractivity contribution < 1.29 is 9.59 Å². The van der Waals surface area contributed by atoms with E-state index in [0.29, 0.717) is 12.2 Å². The van der Waals surface area contributed by atoms with E-state index < -0.39 is 11.5 Å². The van der Waals surface area contributed by atoms with Crippen molar-refractivity contribution in [3.05, 3.63) is 23.3 Å². The Bertz CT molecular complexity index is 805. The average Bonchev–Trinajstić information content (AvgIpc) is 2.92. The van der Waals surface area contributed by atoms with Gasteiger partial charge in [0.05, 0.1) is 5.69 Å². The Morgan fingerprint density at radius 1 is 1.28 bits per heavy atom. The van der Waals surface area contributed by atoms with E-state index in [1.54, 1.807) is 7.05 Å². The lowest BCUT2D eigenvalue weighted by atomic mass is 9.86. The molecular formula is C21H34N6O2. The van der Waals surface area contributed by atoms with Gasteiger partial charge in [0.1, 0.15) is 11.9 Å². The number of likely N-dealkylation sites (N-methyl/N-ethyl adjacent to an activating group) is 1. The van der Waals surface area contributed by atoms with E-state index in [-0.39, 0.29) is 11.8 Å². The minimum atomic E-state index is -0.637. The number of hydrogen-bond acceptors (Lipinski definition) is 5. The molecule has 2 aliphatic rings. The van der Waals surface area contributed by atoms with E-state index in [4.69, 9.17) is 4.98 Å². The number of aromatic nitrogens is 2. The average molecular weight is 403 g/mol. The topological polar surface area (TPSA) is 91.3 Å². The number of imidazole rings is 1. The van der Waals surface area contributed by atoms with Crippen molar-refractivity contribution in [3.63, 3.8) is 0 Å². The van der Waals surface area contributed by atoms with Gasteiger partial charge in [-0.1, -0.05) is 26.8 Å². The Kier molecular flexibility index (Phi) is 6.43. The van der Waals surface area contributed by atoms with Crippen molar-refractivity contribution in [1.82, 2.24) is 30.4 Å². The molecular weight excluding hydrogens is 368 g/mol. The molecule has 1 atom stereocenters. The maximum Gasteiger partial charge on any atom is 0.272 e. The van der Waals surface area contributed by atoms with Gasteiger partial charge in [-0.3, -0.25) is 9.59 Å². The molecule has 3 N–H and O–H groups in total. The minimum absolute atomic E-state index is 0.199. The molecule has 0 saturated carbocycles. The third-order valence-corrected chi connectivity index (χ3v) is 5.63. The van der Waals surface area contributed by atoms with Gasteiger partial charge < -0.3 is 25.4 Å². The second-order valence-electron chi connectivity index (χ2n) is 9.04. The van der Waals surface area contributed by atoms with Crippen LogP contribution in [0.2, 0.25) is 0 Å². The molecule has 0 spiro atoms. The lowest BCUT2D eigenvalue weighted by Gasteiger charge is -2.29. The van der Waals surface area contributed by atoms with Crippen LogP contribution in [0.25, 0.3) is 5.57 Å². The molecule has 2 amide bonds. The van der Waals surface area contributed by atoms with Gasteiger partial charge in [0.15, 0.2) is 5.69 Å². The SMILES string of the molecule is CNC(=O)C(NC(=O)c1nc(C2=CCNCC2)n2c1CN(C)CCC2)C(C)(C)C. The summed E-state index contributed by atoms with van der Waals surface area (Å²) < 4.78 is 2.21. The Balaban J connectivity index is 1.99. The fourth-order valence-electron chi connectivity index (χ4n) is 3.99. The van der Waals surface area contributed by atoms with Crippen LogP contribution in [0.5, 0.6) is 0 Å². The molecule has 29 heavy (non-hydrogen) atoms. The van der Waals surface area contributed by atoms with Crippen LogP contribution in [0.4, 0.5) is 0 Å². The predicted molar refractivity (Wildman–Crippen MR) is 113 cm³/mol. The second kappa shape index (κ2) is 8.67. The molecule has 1 aromatic rings. The van der Waals surface area contributed by atoms with Gasteiger partial charge in [-0.25, -0.2) is 4.98 Å². The monoisotopic (exact) mass is 402 g/mol. The molecule has 160 valence electrons. The van der Waals surface area contributed by atoms with Crippen LogP contribution in [0.1, 0.15) is 55.6 Å². The van der Waals surface area contributed by atoms with Crippen molar-refractivity contribution in [1.29, 1.82) is 0 Å². The van der Waals surface area contributed by atoms with E-state index in [9.17, 15) is 9.59 Å². The first-order valence-corrected chi connectivity index (χ1v) is 10.4. The second-order valence-corrected chi connectivity index (χ2v) is 9.04. The Morgan fingerprint density at radius 2 is 2.03 bits per heavy atom. The fraction of sp³-hybridized carbons (Fsp3) is 0.667. The number of nitrogens with one attached hydrogen (secondary N) is 3.